The van der Waals surface area contributed by atoms with E-state index >= 15 is 0 Å². The molecule has 1 unspecified atom stereocenters. The molecule has 0 bridgehead atoms. The number of rotatable bonds is 3. The molecule has 5 heteroatoms. The second-order valence-electron chi connectivity index (χ2n) is 4.42. The normalized spacial score (nSPS) is 17.3. The van der Waals surface area contributed by atoms with Crippen LogP contribution in [0.15, 0.2) is 23.2 Å². The average Bonchev–Trinajstić information content (AvgIpc) is 2.35. The number of nitrogens with two attached hydrogens (primary N) is 2. The molecule has 0 radical (unpaired) electrons. The molecular formula is C13H20IN3O. The highest BCUT2D eigenvalue weighted by Crippen LogP contribution is 2.33. The van der Waals surface area contributed by atoms with E-state index in [-0.39, 0.29) is 29.9 Å². The fourth-order valence-electron chi connectivity index (χ4n) is 2.42. The minimum Gasteiger partial charge on any atom is -0.497 e. The molecule has 0 aromatic heterocycles. The Morgan fingerprint density at radius 3 is 2.89 bits per heavy atom. The van der Waals surface area contributed by atoms with Crippen LogP contribution in [-0.4, -0.2) is 19.6 Å². The lowest BCUT2D eigenvalue weighted by Crippen LogP contribution is -2.24. The topological polar surface area (TPSA) is 73.6 Å². The van der Waals surface area contributed by atoms with Crippen LogP contribution in [0.1, 0.15) is 29.9 Å². The average molecular weight is 361 g/mol. The van der Waals surface area contributed by atoms with Crippen LogP contribution in [0.4, 0.5) is 0 Å². The van der Waals surface area contributed by atoms with Gasteiger partial charge in [-0.1, -0.05) is 6.07 Å². The molecule has 18 heavy (non-hydrogen) atoms. The zero-order valence-electron chi connectivity index (χ0n) is 10.6. The molecule has 1 aromatic rings. The summed E-state index contributed by atoms with van der Waals surface area (Å²) in [5.74, 6) is 1.53. The molecule has 0 spiro atoms. The molecule has 2 rings (SSSR count). The first-order valence-corrected chi connectivity index (χ1v) is 5.93. The molecule has 1 aromatic carbocycles. The summed E-state index contributed by atoms with van der Waals surface area (Å²) in [4.78, 5) is 4.13. The smallest absolute Gasteiger partial charge is 0.185 e. The molecule has 4 nitrogen and oxygen atoms in total. The Bertz CT molecular complexity index is 430. The van der Waals surface area contributed by atoms with Crippen molar-refractivity contribution in [1.29, 1.82) is 0 Å². The van der Waals surface area contributed by atoms with Crippen molar-refractivity contribution in [3.8, 4) is 5.75 Å². The molecule has 4 N–H and O–H groups in total. The van der Waals surface area contributed by atoms with Crippen molar-refractivity contribution >= 4 is 29.9 Å². The Labute approximate surface area is 125 Å². The molecule has 0 saturated carbocycles. The number of ether oxygens (including phenoxy) is 1. The minimum absolute atomic E-state index is 0. The van der Waals surface area contributed by atoms with Crippen LogP contribution in [0.5, 0.6) is 5.75 Å². The summed E-state index contributed by atoms with van der Waals surface area (Å²) in [6.45, 7) is 0.682. The third kappa shape index (κ3) is 3.51. The second-order valence-corrected chi connectivity index (χ2v) is 4.42. The molecule has 1 atom stereocenters. The maximum atomic E-state index is 5.38. The standard InChI is InChI=1S/C13H19N3O.HI/c1-17-11-5-6-12-9(7-11)3-2-4-10(12)8-16-13(14)15;/h5-7,10H,2-4,8H2,1H3,(H4,14,15,16);1H. The Hall–Kier alpha value is -0.980. The van der Waals surface area contributed by atoms with E-state index < -0.39 is 0 Å². The van der Waals surface area contributed by atoms with Gasteiger partial charge in [0.1, 0.15) is 5.75 Å². The summed E-state index contributed by atoms with van der Waals surface area (Å²) < 4.78 is 5.25. The molecular weight excluding hydrogens is 341 g/mol. The van der Waals surface area contributed by atoms with Crippen molar-refractivity contribution < 1.29 is 4.74 Å². The van der Waals surface area contributed by atoms with Gasteiger partial charge in [-0.25, -0.2) is 0 Å². The molecule has 1 aliphatic carbocycles. The number of hydrogen-bond donors (Lipinski definition) is 2. The van der Waals surface area contributed by atoms with Gasteiger partial charge >= 0.3 is 0 Å². The van der Waals surface area contributed by atoms with E-state index in [1.807, 2.05) is 6.07 Å². The summed E-state index contributed by atoms with van der Waals surface area (Å²) in [7, 11) is 1.70. The van der Waals surface area contributed by atoms with Crippen LogP contribution in [-0.2, 0) is 6.42 Å². The van der Waals surface area contributed by atoms with Gasteiger partial charge in [-0.2, -0.15) is 0 Å². The Morgan fingerprint density at radius 1 is 1.44 bits per heavy atom. The third-order valence-electron chi connectivity index (χ3n) is 3.28. The number of hydrogen-bond acceptors (Lipinski definition) is 2. The highest BCUT2D eigenvalue weighted by Gasteiger charge is 2.20. The van der Waals surface area contributed by atoms with Crippen molar-refractivity contribution in [3.63, 3.8) is 0 Å². The molecule has 0 aliphatic heterocycles. The fourth-order valence-corrected chi connectivity index (χ4v) is 2.42. The zero-order valence-corrected chi connectivity index (χ0v) is 12.9. The molecule has 0 heterocycles. The number of nitrogens with zero attached hydrogens (tertiary/aromatic N) is 1. The largest absolute Gasteiger partial charge is 0.497 e. The van der Waals surface area contributed by atoms with Crippen LogP contribution < -0.4 is 16.2 Å². The van der Waals surface area contributed by atoms with Gasteiger partial charge in [0, 0.05) is 12.5 Å². The summed E-state index contributed by atoms with van der Waals surface area (Å²) in [6, 6.07) is 6.27. The van der Waals surface area contributed by atoms with Gasteiger partial charge in [0.05, 0.1) is 7.11 Å². The van der Waals surface area contributed by atoms with E-state index in [0.717, 1.165) is 18.6 Å². The van der Waals surface area contributed by atoms with Gasteiger partial charge in [0.15, 0.2) is 5.96 Å². The number of guanidine groups is 1. The van der Waals surface area contributed by atoms with E-state index in [0.29, 0.717) is 12.5 Å². The predicted octanol–water partition coefficient (Wildman–Crippen LogP) is 2.01. The highest BCUT2D eigenvalue weighted by atomic mass is 127. The summed E-state index contributed by atoms with van der Waals surface area (Å²) in [6.07, 6.45) is 3.45. The Morgan fingerprint density at radius 2 is 2.22 bits per heavy atom. The van der Waals surface area contributed by atoms with Crippen molar-refractivity contribution in [2.45, 2.75) is 25.2 Å². The third-order valence-corrected chi connectivity index (χ3v) is 3.28. The van der Waals surface area contributed by atoms with Crippen molar-refractivity contribution in [2.75, 3.05) is 13.7 Å². The van der Waals surface area contributed by atoms with Crippen molar-refractivity contribution in [1.82, 2.24) is 0 Å². The van der Waals surface area contributed by atoms with Crippen LogP contribution in [0.25, 0.3) is 0 Å². The van der Waals surface area contributed by atoms with Crippen LogP contribution in [0, 0.1) is 0 Å². The van der Waals surface area contributed by atoms with Crippen LogP contribution >= 0.6 is 24.0 Å². The fraction of sp³-hybridized carbons (Fsp3) is 0.462. The maximum Gasteiger partial charge on any atom is 0.185 e. The lowest BCUT2D eigenvalue weighted by atomic mass is 9.83. The quantitative estimate of drug-likeness (QED) is 0.491. The van der Waals surface area contributed by atoms with Gasteiger partial charge in [-0.15, -0.1) is 24.0 Å². The molecule has 1 aliphatic rings. The van der Waals surface area contributed by atoms with Crippen LogP contribution in [0.3, 0.4) is 0 Å². The van der Waals surface area contributed by atoms with Gasteiger partial charge in [0.2, 0.25) is 0 Å². The zero-order chi connectivity index (χ0) is 12.3. The van der Waals surface area contributed by atoms with Gasteiger partial charge in [-0.05, 0) is 42.5 Å². The molecule has 100 valence electrons. The summed E-state index contributed by atoms with van der Waals surface area (Å²) in [5.41, 5.74) is 13.5. The first-order valence-electron chi connectivity index (χ1n) is 5.93. The van der Waals surface area contributed by atoms with E-state index in [9.17, 15) is 0 Å². The summed E-state index contributed by atoms with van der Waals surface area (Å²) in [5, 5.41) is 0. The van der Waals surface area contributed by atoms with Crippen LogP contribution in [0.2, 0.25) is 0 Å². The number of aliphatic imine (C=N–C) groups is 1. The second kappa shape index (κ2) is 6.82. The van der Waals surface area contributed by atoms with E-state index in [4.69, 9.17) is 16.2 Å². The highest BCUT2D eigenvalue weighted by molar-refractivity contribution is 14.0. The number of fused-ring (bicyclic) bond motifs is 1. The Kier molecular flexibility index (Phi) is 5.71. The lowest BCUT2D eigenvalue weighted by molar-refractivity contribution is 0.413. The van der Waals surface area contributed by atoms with Crippen molar-refractivity contribution in [3.05, 3.63) is 29.3 Å². The summed E-state index contributed by atoms with van der Waals surface area (Å²) >= 11 is 0. The van der Waals surface area contributed by atoms with Gasteiger partial charge in [0.25, 0.3) is 0 Å². The number of halogens is 1. The molecule has 0 fully saturated rings. The molecule has 0 amide bonds. The first kappa shape index (κ1) is 15.1. The van der Waals surface area contributed by atoms with Gasteiger partial charge < -0.3 is 16.2 Å². The maximum absolute atomic E-state index is 5.38. The minimum atomic E-state index is 0. The monoisotopic (exact) mass is 361 g/mol. The SMILES string of the molecule is COc1ccc2c(c1)CCCC2CN=C(N)N.I. The number of methoxy groups -OCH3 is 1. The van der Waals surface area contributed by atoms with E-state index in [2.05, 4.69) is 17.1 Å². The predicted molar refractivity (Wildman–Crippen MR) is 84.8 cm³/mol. The lowest BCUT2D eigenvalue weighted by Gasteiger charge is -2.24. The number of aryl methyl sites for hydroxylation is 1. The Balaban J connectivity index is 0.00000162. The number of benzene rings is 1. The van der Waals surface area contributed by atoms with Crippen molar-refractivity contribution in [2.24, 2.45) is 16.5 Å². The van der Waals surface area contributed by atoms with E-state index in [1.165, 1.54) is 17.5 Å². The first-order chi connectivity index (χ1) is 8.20. The van der Waals surface area contributed by atoms with Gasteiger partial charge in [-0.3, -0.25) is 4.99 Å². The molecule has 0 saturated heterocycles. The van der Waals surface area contributed by atoms with E-state index in [1.54, 1.807) is 7.11 Å².